The lowest BCUT2D eigenvalue weighted by Crippen LogP contribution is -2.68. The molecule has 2 aromatic heterocycles. The second kappa shape index (κ2) is 6.79. The molecule has 4 rings (SSSR count). The van der Waals surface area contributed by atoms with E-state index in [9.17, 15) is 13.6 Å². The van der Waals surface area contributed by atoms with E-state index in [1.54, 1.807) is 0 Å². The third-order valence-corrected chi connectivity index (χ3v) is 5.02. The minimum atomic E-state index is -1.28. The summed E-state index contributed by atoms with van der Waals surface area (Å²) in [5.41, 5.74) is -1.23. The number of rotatable bonds is 3. The molecule has 0 aromatic carbocycles. The van der Waals surface area contributed by atoms with E-state index in [0.29, 0.717) is 13.0 Å². The molecule has 2 saturated heterocycles. The Hall–Kier alpha value is -3.14. The SMILES string of the molecule is CN1C(=N)N[C@@]2(c3cc(Oc4ncccc4F)ncc3F)COCC[C@H]2C1=O. The van der Waals surface area contributed by atoms with Crippen molar-refractivity contribution in [2.24, 2.45) is 5.92 Å². The van der Waals surface area contributed by atoms with Crippen LogP contribution in [0, 0.1) is 23.0 Å². The molecular weight excluding hydrogens is 372 g/mol. The quantitative estimate of drug-likeness (QED) is 0.830. The Labute approximate surface area is 159 Å². The smallest absolute Gasteiger partial charge is 0.257 e. The number of carbonyl (C=O) groups excluding carboxylic acids is 1. The van der Waals surface area contributed by atoms with Crippen molar-refractivity contribution >= 4 is 11.9 Å². The number of halogens is 2. The first-order chi connectivity index (χ1) is 13.4. The van der Waals surface area contributed by atoms with E-state index in [4.69, 9.17) is 14.9 Å². The van der Waals surface area contributed by atoms with Gasteiger partial charge in [-0.05, 0) is 18.6 Å². The highest BCUT2D eigenvalue weighted by Gasteiger charge is 2.53. The van der Waals surface area contributed by atoms with Crippen LogP contribution in [-0.2, 0) is 15.1 Å². The van der Waals surface area contributed by atoms with Crippen LogP contribution in [0.5, 0.6) is 11.8 Å². The van der Waals surface area contributed by atoms with E-state index >= 15 is 0 Å². The van der Waals surface area contributed by atoms with Crippen molar-refractivity contribution in [1.29, 1.82) is 5.41 Å². The van der Waals surface area contributed by atoms with Gasteiger partial charge in [0.05, 0.1) is 18.7 Å². The van der Waals surface area contributed by atoms with E-state index in [1.165, 1.54) is 36.3 Å². The highest BCUT2D eigenvalue weighted by molar-refractivity contribution is 6.00. The van der Waals surface area contributed by atoms with Gasteiger partial charge in [0, 0.05) is 31.5 Å². The molecule has 2 atom stereocenters. The van der Waals surface area contributed by atoms with E-state index in [-0.39, 0.29) is 35.8 Å². The molecule has 0 unspecified atom stereocenters. The van der Waals surface area contributed by atoms with Crippen molar-refractivity contribution in [2.45, 2.75) is 12.0 Å². The van der Waals surface area contributed by atoms with Gasteiger partial charge in [-0.15, -0.1) is 0 Å². The molecule has 2 aliphatic rings. The summed E-state index contributed by atoms with van der Waals surface area (Å²) in [7, 11) is 1.48. The third-order valence-electron chi connectivity index (χ3n) is 5.02. The Kier molecular flexibility index (Phi) is 4.42. The summed E-state index contributed by atoms with van der Waals surface area (Å²) < 4.78 is 39.5. The first-order valence-corrected chi connectivity index (χ1v) is 8.59. The molecule has 0 bridgehead atoms. The highest BCUT2D eigenvalue weighted by atomic mass is 19.1. The van der Waals surface area contributed by atoms with Gasteiger partial charge in [-0.3, -0.25) is 15.1 Å². The minimum Gasteiger partial charge on any atom is -0.418 e. The van der Waals surface area contributed by atoms with Crippen molar-refractivity contribution in [3.05, 3.63) is 47.8 Å². The summed E-state index contributed by atoms with van der Waals surface area (Å²) in [5.74, 6) is -2.89. The number of carbonyl (C=O) groups is 1. The van der Waals surface area contributed by atoms with Gasteiger partial charge < -0.3 is 14.8 Å². The van der Waals surface area contributed by atoms with Gasteiger partial charge in [0.1, 0.15) is 11.4 Å². The summed E-state index contributed by atoms with van der Waals surface area (Å²) in [5, 5.41) is 11.0. The molecule has 1 amide bonds. The molecule has 8 nitrogen and oxygen atoms in total. The number of hydrogen-bond donors (Lipinski definition) is 2. The molecule has 2 aromatic rings. The molecule has 0 radical (unpaired) electrons. The topological polar surface area (TPSA) is 100 Å². The van der Waals surface area contributed by atoms with E-state index in [1.807, 2.05) is 0 Å². The van der Waals surface area contributed by atoms with Crippen molar-refractivity contribution in [3.63, 3.8) is 0 Å². The molecule has 0 saturated carbocycles. The summed E-state index contributed by atoms with van der Waals surface area (Å²) >= 11 is 0. The van der Waals surface area contributed by atoms with Crippen LogP contribution in [0.1, 0.15) is 12.0 Å². The Morgan fingerprint density at radius 3 is 3.00 bits per heavy atom. The van der Waals surface area contributed by atoms with Gasteiger partial charge in [-0.25, -0.2) is 18.7 Å². The average Bonchev–Trinajstić information content (AvgIpc) is 2.69. The number of fused-ring (bicyclic) bond motifs is 1. The molecule has 0 spiro atoms. The molecule has 28 heavy (non-hydrogen) atoms. The Morgan fingerprint density at radius 2 is 2.21 bits per heavy atom. The van der Waals surface area contributed by atoms with Gasteiger partial charge in [0.2, 0.25) is 11.8 Å². The average molecular weight is 389 g/mol. The summed E-state index contributed by atoms with van der Waals surface area (Å²) in [6, 6.07) is 3.87. The first kappa shape index (κ1) is 18.2. The van der Waals surface area contributed by atoms with Crippen LogP contribution in [0.25, 0.3) is 0 Å². The zero-order chi connectivity index (χ0) is 19.9. The maximum atomic E-state index is 14.8. The highest BCUT2D eigenvalue weighted by Crippen LogP contribution is 2.41. The summed E-state index contributed by atoms with van der Waals surface area (Å²) in [6.45, 7) is 0.328. The standard InChI is InChI=1S/C18H17F2N5O3/c1-25-16(26)10-4-6-27-9-18(10,24-17(25)21)11-7-14(23-8-13(11)20)28-15-12(19)3-2-5-22-15/h2-3,5,7-8,10H,4,6,9H2,1H3,(H2,21,24)/t10-,18-/m0/s1. The number of amides is 1. The number of nitrogens with one attached hydrogen (secondary N) is 2. The Bertz CT molecular complexity index is 957. The second-order valence-electron chi connectivity index (χ2n) is 6.63. The summed E-state index contributed by atoms with van der Waals surface area (Å²) in [4.78, 5) is 21.6. The van der Waals surface area contributed by atoms with Crippen LogP contribution in [-0.4, -0.2) is 47.0 Å². The lowest BCUT2D eigenvalue weighted by atomic mass is 9.73. The molecule has 0 aliphatic carbocycles. The van der Waals surface area contributed by atoms with Crippen LogP contribution >= 0.6 is 0 Å². The lowest BCUT2D eigenvalue weighted by Gasteiger charge is -2.49. The normalized spacial score (nSPS) is 24.5. The molecule has 2 N–H and O–H groups in total. The van der Waals surface area contributed by atoms with Crippen LogP contribution in [0.4, 0.5) is 8.78 Å². The number of guanidine groups is 1. The predicted octanol–water partition coefficient (Wildman–Crippen LogP) is 1.78. The first-order valence-electron chi connectivity index (χ1n) is 8.59. The predicted molar refractivity (Wildman–Crippen MR) is 92.7 cm³/mol. The van der Waals surface area contributed by atoms with E-state index in [0.717, 1.165) is 6.20 Å². The number of hydrogen-bond acceptors (Lipinski definition) is 6. The van der Waals surface area contributed by atoms with Gasteiger partial charge in [0.15, 0.2) is 11.8 Å². The zero-order valence-electron chi connectivity index (χ0n) is 14.9. The van der Waals surface area contributed by atoms with Gasteiger partial charge >= 0.3 is 0 Å². The molecule has 4 heterocycles. The lowest BCUT2D eigenvalue weighted by molar-refractivity contribution is -0.143. The molecule has 146 valence electrons. The van der Waals surface area contributed by atoms with Crippen LogP contribution in [0.3, 0.4) is 0 Å². The number of nitrogens with zero attached hydrogens (tertiary/aromatic N) is 3. The zero-order valence-corrected chi connectivity index (χ0v) is 14.9. The van der Waals surface area contributed by atoms with Gasteiger partial charge in [-0.2, -0.15) is 0 Å². The maximum Gasteiger partial charge on any atom is 0.257 e. The van der Waals surface area contributed by atoms with Crippen molar-refractivity contribution in [1.82, 2.24) is 20.2 Å². The maximum absolute atomic E-state index is 14.8. The fourth-order valence-corrected chi connectivity index (χ4v) is 3.57. The monoisotopic (exact) mass is 389 g/mol. The van der Waals surface area contributed by atoms with Crippen molar-refractivity contribution < 1.29 is 23.0 Å². The van der Waals surface area contributed by atoms with Crippen LogP contribution < -0.4 is 10.1 Å². The molecule has 2 aliphatic heterocycles. The second-order valence-corrected chi connectivity index (χ2v) is 6.63. The van der Waals surface area contributed by atoms with Crippen molar-refractivity contribution in [3.8, 4) is 11.8 Å². The number of aromatic nitrogens is 2. The molecule has 10 heteroatoms. The fourth-order valence-electron chi connectivity index (χ4n) is 3.57. The van der Waals surface area contributed by atoms with Crippen LogP contribution in [0.2, 0.25) is 0 Å². The Balaban J connectivity index is 1.77. The third kappa shape index (κ3) is 2.85. The minimum absolute atomic E-state index is 0.0159. The number of pyridine rings is 2. The fraction of sp³-hybridized carbons (Fsp3) is 0.333. The molecular formula is C18H17F2N5O3. The number of ether oxygens (including phenoxy) is 2. The van der Waals surface area contributed by atoms with Gasteiger partial charge in [0.25, 0.3) is 5.88 Å². The molecule has 2 fully saturated rings. The van der Waals surface area contributed by atoms with Gasteiger partial charge in [-0.1, -0.05) is 0 Å². The van der Waals surface area contributed by atoms with Crippen molar-refractivity contribution in [2.75, 3.05) is 20.3 Å². The van der Waals surface area contributed by atoms with E-state index < -0.39 is 23.1 Å². The van der Waals surface area contributed by atoms with E-state index in [2.05, 4.69) is 15.3 Å². The largest absolute Gasteiger partial charge is 0.418 e. The Morgan fingerprint density at radius 1 is 1.39 bits per heavy atom. The van der Waals surface area contributed by atoms with Crippen LogP contribution in [0.15, 0.2) is 30.6 Å². The summed E-state index contributed by atoms with van der Waals surface area (Å²) in [6.07, 6.45) is 2.64.